The van der Waals surface area contributed by atoms with Gasteiger partial charge in [-0.25, -0.2) is 4.68 Å². The van der Waals surface area contributed by atoms with E-state index in [0.29, 0.717) is 18.2 Å². The Balaban J connectivity index is 1.70. The van der Waals surface area contributed by atoms with Crippen LogP contribution in [0.5, 0.6) is 5.88 Å². The topological polar surface area (TPSA) is 74.0 Å². The maximum Gasteiger partial charge on any atom is 0.255 e. The normalized spacial score (nSPS) is 13.6. The molecule has 0 saturated carbocycles. The number of ether oxygens (including phenoxy) is 1. The van der Waals surface area contributed by atoms with Crippen LogP contribution in [0, 0.1) is 0 Å². The maximum absolute atomic E-state index is 12.6. The van der Waals surface area contributed by atoms with Crippen molar-refractivity contribution < 1.29 is 9.53 Å². The summed E-state index contributed by atoms with van der Waals surface area (Å²) in [6.45, 7) is 8.35. The van der Waals surface area contributed by atoms with E-state index >= 15 is 0 Å². The van der Waals surface area contributed by atoms with Crippen LogP contribution in [0.1, 0.15) is 67.8 Å². The van der Waals surface area contributed by atoms with Gasteiger partial charge in [0.25, 0.3) is 5.91 Å². The Hall–Kier alpha value is -2.31. The summed E-state index contributed by atoms with van der Waals surface area (Å²) >= 11 is 0. The van der Waals surface area contributed by atoms with Crippen molar-refractivity contribution in [3.63, 3.8) is 0 Å². The number of rotatable bonds is 7. The Labute approximate surface area is 148 Å². The number of hydrogen-bond donors (Lipinski definition) is 1. The SMILES string of the molecule is CCc1c(C(=O)NCc2cc3n(n2)CCCO3)cnn1C(CC)CC. The van der Waals surface area contributed by atoms with Gasteiger partial charge in [0.1, 0.15) is 0 Å². The third kappa shape index (κ3) is 3.55. The van der Waals surface area contributed by atoms with Crippen molar-refractivity contribution >= 4 is 5.91 Å². The van der Waals surface area contributed by atoms with Crippen molar-refractivity contribution in [1.82, 2.24) is 24.9 Å². The smallest absolute Gasteiger partial charge is 0.255 e. The van der Waals surface area contributed by atoms with E-state index in [1.54, 1.807) is 6.20 Å². The second kappa shape index (κ2) is 7.72. The number of hydrogen-bond acceptors (Lipinski definition) is 4. The molecular weight excluding hydrogens is 318 g/mol. The highest BCUT2D eigenvalue weighted by Crippen LogP contribution is 2.21. The van der Waals surface area contributed by atoms with E-state index in [1.807, 2.05) is 15.4 Å². The molecule has 1 aliphatic rings. The summed E-state index contributed by atoms with van der Waals surface area (Å²) in [7, 11) is 0. The summed E-state index contributed by atoms with van der Waals surface area (Å²) in [5, 5.41) is 11.9. The van der Waals surface area contributed by atoms with E-state index in [-0.39, 0.29) is 5.91 Å². The number of aromatic nitrogens is 4. The van der Waals surface area contributed by atoms with Crippen molar-refractivity contribution in [2.45, 2.75) is 65.6 Å². The molecule has 7 nitrogen and oxygen atoms in total. The van der Waals surface area contributed by atoms with E-state index in [0.717, 1.165) is 56.1 Å². The van der Waals surface area contributed by atoms with Gasteiger partial charge in [-0.3, -0.25) is 9.48 Å². The molecule has 7 heteroatoms. The Morgan fingerprint density at radius 2 is 2.16 bits per heavy atom. The average molecular weight is 345 g/mol. The molecule has 136 valence electrons. The van der Waals surface area contributed by atoms with Gasteiger partial charge >= 0.3 is 0 Å². The number of aryl methyl sites for hydroxylation is 1. The molecular formula is C18H27N5O2. The molecule has 3 heterocycles. The van der Waals surface area contributed by atoms with E-state index in [2.05, 4.69) is 36.3 Å². The Morgan fingerprint density at radius 1 is 1.36 bits per heavy atom. The number of nitrogens with one attached hydrogen (secondary N) is 1. The summed E-state index contributed by atoms with van der Waals surface area (Å²) in [4.78, 5) is 12.6. The van der Waals surface area contributed by atoms with Gasteiger partial charge in [-0.15, -0.1) is 0 Å². The second-order valence-corrected chi connectivity index (χ2v) is 6.36. The lowest BCUT2D eigenvalue weighted by atomic mass is 10.1. The van der Waals surface area contributed by atoms with Crippen LogP contribution in [0.25, 0.3) is 0 Å². The zero-order valence-electron chi connectivity index (χ0n) is 15.3. The minimum atomic E-state index is -0.0963. The van der Waals surface area contributed by atoms with Gasteiger partial charge in [-0.1, -0.05) is 20.8 Å². The van der Waals surface area contributed by atoms with Gasteiger partial charge in [0, 0.05) is 19.0 Å². The first-order valence-electron chi connectivity index (χ1n) is 9.21. The number of carbonyl (C=O) groups is 1. The van der Waals surface area contributed by atoms with Gasteiger partial charge in [-0.2, -0.15) is 10.2 Å². The third-order valence-corrected chi connectivity index (χ3v) is 4.75. The van der Waals surface area contributed by atoms with Crippen LogP contribution < -0.4 is 10.1 Å². The van der Waals surface area contributed by atoms with E-state index in [9.17, 15) is 4.79 Å². The lowest BCUT2D eigenvalue weighted by molar-refractivity contribution is 0.0949. The molecule has 3 rings (SSSR count). The quantitative estimate of drug-likeness (QED) is 0.837. The fraction of sp³-hybridized carbons (Fsp3) is 0.611. The van der Waals surface area contributed by atoms with Crippen molar-refractivity contribution in [3.05, 3.63) is 29.2 Å². The monoisotopic (exact) mass is 345 g/mol. The van der Waals surface area contributed by atoms with Crippen molar-refractivity contribution in [3.8, 4) is 5.88 Å². The minimum Gasteiger partial charge on any atom is -0.478 e. The molecule has 0 aliphatic carbocycles. The molecule has 0 unspecified atom stereocenters. The summed E-state index contributed by atoms with van der Waals surface area (Å²) in [6, 6.07) is 2.24. The Bertz CT molecular complexity index is 706. The van der Waals surface area contributed by atoms with Crippen LogP contribution in [0.15, 0.2) is 12.3 Å². The van der Waals surface area contributed by atoms with Gasteiger partial charge in [0.2, 0.25) is 5.88 Å². The summed E-state index contributed by atoms with van der Waals surface area (Å²) in [5.41, 5.74) is 2.48. The van der Waals surface area contributed by atoms with Gasteiger partial charge in [-0.05, 0) is 19.3 Å². The van der Waals surface area contributed by atoms with Crippen LogP contribution in [0.4, 0.5) is 0 Å². The first kappa shape index (κ1) is 17.5. The van der Waals surface area contributed by atoms with Crippen molar-refractivity contribution in [1.29, 1.82) is 0 Å². The van der Waals surface area contributed by atoms with Crippen molar-refractivity contribution in [2.24, 2.45) is 0 Å². The lowest BCUT2D eigenvalue weighted by Gasteiger charge is -2.16. The lowest BCUT2D eigenvalue weighted by Crippen LogP contribution is -2.24. The molecule has 0 saturated heterocycles. The van der Waals surface area contributed by atoms with Gasteiger partial charge in [0.15, 0.2) is 0 Å². The molecule has 25 heavy (non-hydrogen) atoms. The molecule has 1 aliphatic heterocycles. The zero-order chi connectivity index (χ0) is 17.8. The minimum absolute atomic E-state index is 0.0963. The van der Waals surface area contributed by atoms with Crippen LogP contribution in [-0.2, 0) is 19.5 Å². The summed E-state index contributed by atoms with van der Waals surface area (Å²) < 4.78 is 9.43. The molecule has 0 bridgehead atoms. The number of nitrogens with zero attached hydrogens (tertiary/aromatic N) is 4. The fourth-order valence-corrected chi connectivity index (χ4v) is 3.35. The van der Waals surface area contributed by atoms with Crippen LogP contribution in [0.3, 0.4) is 0 Å². The molecule has 0 fully saturated rings. The molecule has 0 atom stereocenters. The van der Waals surface area contributed by atoms with Crippen LogP contribution >= 0.6 is 0 Å². The highest BCUT2D eigenvalue weighted by molar-refractivity contribution is 5.95. The zero-order valence-corrected chi connectivity index (χ0v) is 15.3. The first-order chi connectivity index (χ1) is 12.2. The summed E-state index contributed by atoms with van der Waals surface area (Å²) in [6.07, 6.45) is 5.45. The number of fused-ring (bicyclic) bond motifs is 1. The van der Waals surface area contributed by atoms with Gasteiger partial charge < -0.3 is 10.1 Å². The molecule has 0 spiro atoms. The van der Waals surface area contributed by atoms with E-state index in [4.69, 9.17) is 4.74 Å². The largest absolute Gasteiger partial charge is 0.478 e. The highest BCUT2D eigenvalue weighted by atomic mass is 16.5. The molecule has 0 aromatic carbocycles. The molecule has 1 N–H and O–H groups in total. The number of amides is 1. The first-order valence-corrected chi connectivity index (χ1v) is 9.21. The Morgan fingerprint density at radius 3 is 2.84 bits per heavy atom. The molecule has 0 radical (unpaired) electrons. The number of carbonyl (C=O) groups excluding carboxylic acids is 1. The second-order valence-electron chi connectivity index (χ2n) is 6.36. The predicted octanol–water partition coefficient (Wildman–Crippen LogP) is 2.72. The van der Waals surface area contributed by atoms with Crippen LogP contribution in [-0.4, -0.2) is 32.1 Å². The van der Waals surface area contributed by atoms with E-state index in [1.165, 1.54) is 0 Å². The van der Waals surface area contributed by atoms with Crippen molar-refractivity contribution in [2.75, 3.05) is 6.61 Å². The predicted molar refractivity (Wildman–Crippen MR) is 94.7 cm³/mol. The third-order valence-electron chi connectivity index (χ3n) is 4.75. The fourth-order valence-electron chi connectivity index (χ4n) is 3.35. The summed E-state index contributed by atoms with van der Waals surface area (Å²) in [5.74, 6) is 0.687. The maximum atomic E-state index is 12.6. The molecule has 2 aromatic heterocycles. The average Bonchev–Trinajstić information content (AvgIpc) is 3.24. The van der Waals surface area contributed by atoms with Gasteiger partial charge in [0.05, 0.1) is 42.3 Å². The molecule has 2 aromatic rings. The standard InChI is InChI=1S/C18H27N5O2/c1-4-14(5-2)23-16(6-3)15(12-20-23)18(24)19-11-13-10-17-22(21-13)8-7-9-25-17/h10,12,14H,4-9,11H2,1-3H3,(H,19,24). The molecule has 1 amide bonds. The highest BCUT2D eigenvalue weighted by Gasteiger charge is 2.20. The van der Waals surface area contributed by atoms with E-state index < -0.39 is 0 Å². The van der Waals surface area contributed by atoms with Crippen LogP contribution in [0.2, 0.25) is 0 Å². The Kier molecular flexibility index (Phi) is 5.40.